The molecular weight excluding hydrogens is 491 g/mol. The molecule has 0 fully saturated rings. The molecule has 0 aliphatic carbocycles. The van der Waals surface area contributed by atoms with Crippen LogP contribution in [0, 0.1) is 19.7 Å². The van der Waals surface area contributed by atoms with Crippen molar-refractivity contribution in [2.45, 2.75) is 45.9 Å². The number of hydrogen-bond acceptors (Lipinski definition) is 5. The zero-order valence-corrected chi connectivity index (χ0v) is 22.3. The van der Waals surface area contributed by atoms with Crippen LogP contribution in [0.1, 0.15) is 75.0 Å². The number of nitrogen functional groups attached to an aromatic ring is 1. The van der Waals surface area contributed by atoms with Crippen LogP contribution in [0.25, 0.3) is 0 Å². The number of ether oxygens (including phenoxy) is 1. The van der Waals surface area contributed by atoms with Gasteiger partial charge >= 0.3 is 0 Å². The van der Waals surface area contributed by atoms with Crippen molar-refractivity contribution in [2.24, 2.45) is 0 Å². The normalized spacial score (nSPS) is 16.6. The Morgan fingerprint density at radius 1 is 0.974 bits per heavy atom. The Labute approximate surface area is 227 Å². The molecule has 2 aliphatic heterocycles. The molecule has 2 bridgehead atoms. The van der Waals surface area contributed by atoms with E-state index in [9.17, 15) is 9.18 Å². The smallest absolute Gasteiger partial charge is 0.251 e. The number of aryl methyl sites for hydroxylation is 2. The minimum atomic E-state index is -0.255. The average Bonchev–Trinajstić information content (AvgIpc) is 3.48. The number of nitrogens with two attached hydrogens (primary N) is 1. The van der Waals surface area contributed by atoms with Crippen molar-refractivity contribution in [3.05, 3.63) is 117 Å². The molecule has 0 unspecified atom stereocenters. The van der Waals surface area contributed by atoms with Gasteiger partial charge in [-0.3, -0.25) is 4.79 Å². The van der Waals surface area contributed by atoms with E-state index in [1.165, 1.54) is 6.07 Å². The van der Waals surface area contributed by atoms with Crippen LogP contribution in [0.3, 0.4) is 0 Å². The van der Waals surface area contributed by atoms with E-state index < -0.39 is 0 Å². The van der Waals surface area contributed by atoms with E-state index in [4.69, 9.17) is 10.5 Å². The number of pyridine rings is 1. The first-order valence-corrected chi connectivity index (χ1v) is 13.3. The SMILES string of the molecule is CCCN(c1cccc(F)c1)c1ccc2c(c1)[C@H]1O[C@@H]2c2ccc(C(=O)NCc3c(C)cc(N)nc3C)cc21. The van der Waals surface area contributed by atoms with Gasteiger partial charge in [0.05, 0.1) is 0 Å². The predicted octanol–water partition coefficient (Wildman–Crippen LogP) is 6.42. The van der Waals surface area contributed by atoms with E-state index in [1.54, 1.807) is 12.1 Å². The van der Waals surface area contributed by atoms with Crippen LogP contribution in [0.4, 0.5) is 21.6 Å². The van der Waals surface area contributed by atoms with E-state index in [2.05, 4.69) is 40.3 Å². The first-order valence-electron chi connectivity index (χ1n) is 13.3. The molecule has 7 heteroatoms. The summed E-state index contributed by atoms with van der Waals surface area (Å²) in [6.07, 6.45) is 0.531. The van der Waals surface area contributed by atoms with Crippen LogP contribution in [0.15, 0.2) is 66.7 Å². The van der Waals surface area contributed by atoms with Crippen LogP contribution < -0.4 is 16.0 Å². The largest absolute Gasteiger partial charge is 0.384 e. The lowest BCUT2D eigenvalue weighted by atomic mass is 9.85. The Morgan fingerprint density at radius 3 is 2.44 bits per heavy atom. The molecule has 3 N–H and O–H groups in total. The highest BCUT2D eigenvalue weighted by molar-refractivity contribution is 5.94. The standard InChI is InChI=1S/C32H31FN4O2/c1-4-12-37(22-7-5-6-21(33)15-22)23-9-11-25-27(16-23)31-26-14-20(8-10-24(26)30(25)39-31)32(38)35-17-28-18(2)13-29(34)36-19(28)3/h5-11,13-16,30-31H,4,12,17H2,1-3H3,(H2,34,36)(H,35,38)/t30-,31+/m1/s1. The number of fused-ring (bicyclic) bond motifs is 8. The minimum absolute atomic E-state index is 0.147. The Hall–Kier alpha value is -4.23. The number of aromatic nitrogens is 1. The van der Waals surface area contributed by atoms with E-state index in [-0.39, 0.29) is 23.9 Å². The van der Waals surface area contributed by atoms with Crippen molar-refractivity contribution < 1.29 is 13.9 Å². The molecule has 0 saturated carbocycles. The van der Waals surface area contributed by atoms with Crippen molar-refractivity contribution >= 4 is 23.1 Å². The van der Waals surface area contributed by atoms with Gasteiger partial charge in [-0.25, -0.2) is 9.37 Å². The van der Waals surface area contributed by atoms with Crippen LogP contribution in [0.2, 0.25) is 0 Å². The number of carbonyl (C=O) groups excluding carboxylic acids is 1. The lowest BCUT2D eigenvalue weighted by molar-refractivity contribution is 0.0857. The van der Waals surface area contributed by atoms with Gasteiger partial charge in [-0.15, -0.1) is 0 Å². The van der Waals surface area contributed by atoms with Crippen LogP contribution in [-0.2, 0) is 11.3 Å². The first-order chi connectivity index (χ1) is 18.8. The molecule has 0 radical (unpaired) electrons. The van der Waals surface area contributed by atoms with Crippen molar-refractivity contribution in [2.75, 3.05) is 17.2 Å². The van der Waals surface area contributed by atoms with Gasteiger partial charge in [0.15, 0.2) is 0 Å². The number of amides is 1. The van der Waals surface area contributed by atoms with Gasteiger partial charge in [-0.1, -0.05) is 25.1 Å². The maximum atomic E-state index is 14.0. The Kier molecular flexibility index (Phi) is 6.31. The number of nitrogens with one attached hydrogen (secondary N) is 1. The highest BCUT2D eigenvalue weighted by Gasteiger charge is 2.43. The Balaban J connectivity index is 1.26. The zero-order valence-electron chi connectivity index (χ0n) is 22.3. The van der Waals surface area contributed by atoms with E-state index in [0.717, 1.165) is 63.4 Å². The van der Waals surface area contributed by atoms with Crippen molar-refractivity contribution in [1.82, 2.24) is 10.3 Å². The average molecular weight is 523 g/mol. The molecule has 6 rings (SSSR count). The summed E-state index contributed by atoms with van der Waals surface area (Å²) in [6, 6.07) is 20.7. The summed E-state index contributed by atoms with van der Waals surface area (Å²) >= 11 is 0. The molecule has 2 atom stereocenters. The van der Waals surface area contributed by atoms with Gasteiger partial charge in [0.2, 0.25) is 0 Å². The van der Waals surface area contributed by atoms with E-state index >= 15 is 0 Å². The molecule has 0 saturated heterocycles. The molecule has 3 heterocycles. The van der Waals surface area contributed by atoms with Gasteiger partial charge in [-0.2, -0.15) is 0 Å². The molecule has 0 spiro atoms. The van der Waals surface area contributed by atoms with E-state index in [0.29, 0.717) is 17.9 Å². The summed E-state index contributed by atoms with van der Waals surface area (Å²) in [5.74, 6) is 0.0752. The molecule has 1 aromatic heterocycles. The van der Waals surface area contributed by atoms with E-state index in [1.807, 2.05) is 44.2 Å². The van der Waals surface area contributed by atoms with Crippen LogP contribution >= 0.6 is 0 Å². The summed E-state index contributed by atoms with van der Waals surface area (Å²) in [5.41, 5.74) is 15.4. The number of rotatable bonds is 7. The molecule has 1 amide bonds. The molecule has 2 aliphatic rings. The molecule has 6 nitrogen and oxygen atoms in total. The number of benzene rings is 3. The molecule has 39 heavy (non-hydrogen) atoms. The fourth-order valence-electron chi connectivity index (χ4n) is 5.84. The third-order valence-corrected chi connectivity index (χ3v) is 7.70. The van der Waals surface area contributed by atoms with Crippen molar-refractivity contribution in [3.63, 3.8) is 0 Å². The number of carbonyl (C=O) groups is 1. The topological polar surface area (TPSA) is 80.5 Å². The molecule has 4 aromatic rings. The second kappa shape index (κ2) is 9.82. The van der Waals surface area contributed by atoms with Crippen LogP contribution in [0.5, 0.6) is 0 Å². The number of hydrogen-bond donors (Lipinski definition) is 2. The lowest BCUT2D eigenvalue weighted by Crippen LogP contribution is -2.24. The molecular formula is C32H31FN4O2. The van der Waals surface area contributed by atoms with Gasteiger partial charge in [0.25, 0.3) is 5.91 Å². The van der Waals surface area contributed by atoms with Gasteiger partial charge in [0, 0.05) is 35.7 Å². The number of halogens is 1. The quantitative estimate of drug-likeness (QED) is 0.293. The fraction of sp³-hybridized carbons (Fsp3) is 0.250. The zero-order chi connectivity index (χ0) is 27.3. The highest BCUT2D eigenvalue weighted by atomic mass is 19.1. The molecule has 3 aromatic carbocycles. The number of nitrogens with zero attached hydrogens (tertiary/aromatic N) is 2. The Morgan fingerprint density at radius 2 is 1.69 bits per heavy atom. The van der Waals surface area contributed by atoms with Crippen molar-refractivity contribution in [3.8, 4) is 0 Å². The third kappa shape index (κ3) is 4.42. The molecule has 198 valence electrons. The first kappa shape index (κ1) is 25.1. The van der Waals surface area contributed by atoms with Gasteiger partial charge in [0.1, 0.15) is 23.8 Å². The number of anilines is 3. The summed E-state index contributed by atoms with van der Waals surface area (Å²) in [4.78, 5) is 19.6. The summed E-state index contributed by atoms with van der Waals surface area (Å²) in [7, 11) is 0. The monoisotopic (exact) mass is 522 g/mol. The summed E-state index contributed by atoms with van der Waals surface area (Å²) < 4.78 is 20.4. The Bertz CT molecular complexity index is 1580. The highest BCUT2D eigenvalue weighted by Crippen LogP contribution is 2.55. The van der Waals surface area contributed by atoms with Gasteiger partial charge in [-0.05, 0) is 102 Å². The van der Waals surface area contributed by atoms with Crippen molar-refractivity contribution in [1.29, 1.82) is 0 Å². The predicted molar refractivity (Wildman–Crippen MR) is 151 cm³/mol. The maximum Gasteiger partial charge on any atom is 0.251 e. The summed E-state index contributed by atoms with van der Waals surface area (Å²) in [6.45, 7) is 7.12. The van der Waals surface area contributed by atoms with Gasteiger partial charge < -0.3 is 20.7 Å². The van der Waals surface area contributed by atoms with Crippen LogP contribution in [-0.4, -0.2) is 17.4 Å². The second-order valence-electron chi connectivity index (χ2n) is 10.3. The maximum absolute atomic E-state index is 14.0. The lowest BCUT2D eigenvalue weighted by Gasteiger charge is -2.26. The fourth-order valence-corrected chi connectivity index (χ4v) is 5.84. The minimum Gasteiger partial charge on any atom is -0.384 e. The third-order valence-electron chi connectivity index (χ3n) is 7.70. The summed E-state index contributed by atoms with van der Waals surface area (Å²) in [5, 5.41) is 3.03. The second-order valence-corrected chi connectivity index (χ2v) is 10.3.